The summed E-state index contributed by atoms with van der Waals surface area (Å²) >= 11 is 0. The monoisotopic (exact) mass is 1240 g/mol. The molecule has 3 N–H and O–H groups in total. The van der Waals surface area contributed by atoms with Crippen LogP contribution in [0.3, 0.4) is 0 Å². The summed E-state index contributed by atoms with van der Waals surface area (Å²) in [6.45, 7) is 9.45. The van der Waals surface area contributed by atoms with Gasteiger partial charge in [-0.3, -0.25) is 37.3 Å². The maximum atomic E-state index is 13.0. The third-order valence-electron chi connectivity index (χ3n) is 15.0. The van der Waals surface area contributed by atoms with Gasteiger partial charge < -0.3 is 33.8 Å². The zero-order valence-corrected chi connectivity index (χ0v) is 56.0. The van der Waals surface area contributed by atoms with Crippen LogP contribution in [0.25, 0.3) is 0 Å². The van der Waals surface area contributed by atoms with E-state index in [1.54, 1.807) is 0 Å². The number of rotatable bonds is 64. The van der Waals surface area contributed by atoms with Crippen molar-refractivity contribution in [3.8, 4) is 0 Å². The number of phosphoric ester groups is 2. The van der Waals surface area contributed by atoms with Gasteiger partial charge >= 0.3 is 39.5 Å². The minimum atomic E-state index is -4.95. The van der Waals surface area contributed by atoms with E-state index >= 15 is 0 Å². The van der Waals surface area contributed by atoms with Gasteiger partial charge in [-0.2, -0.15) is 0 Å². The van der Waals surface area contributed by atoms with Crippen LogP contribution in [0.2, 0.25) is 0 Å². The lowest BCUT2D eigenvalue weighted by Crippen LogP contribution is -2.30. The summed E-state index contributed by atoms with van der Waals surface area (Å²) in [6.07, 6.45) is 40.4. The highest BCUT2D eigenvalue weighted by Gasteiger charge is 2.30. The first-order valence-electron chi connectivity index (χ1n) is 34.0. The summed E-state index contributed by atoms with van der Waals surface area (Å²) in [7, 11) is -9.88. The average Bonchev–Trinajstić information content (AvgIpc) is 3.46. The van der Waals surface area contributed by atoms with Crippen LogP contribution in [0, 0.1) is 11.8 Å². The molecule has 0 aromatic carbocycles. The van der Waals surface area contributed by atoms with Crippen LogP contribution in [0.5, 0.6) is 0 Å². The Morgan fingerprint density at radius 1 is 0.321 bits per heavy atom. The van der Waals surface area contributed by atoms with Crippen molar-refractivity contribution in [2.45, 2.75) is 342 Å². The molecule has 0 fully saturated rings. The Morgan fingerprint density at radius 3 is 0.810 bits per heavy atom. The van der Waals surface area contributed by atoms with Crippen LogP contribution in [0.4, 0.5) is 0 Å². The Bertz CT molecular complexity index is 1650. The first kappa shape index (κ1) is 82.1. The molecule has 0 radical (unpaired) electrons. The van der Waals surface area contributed by atoms with Crippen molar-refractivity contribution in [1.82, 2.24) is 0 Å². The lowest BCUT2D eigenvalue weighted by atomic mass is 10.0. The molecule has 17 nitrogen and oxygen atoms in total. The molecule has 0 bridgehead atoms. The van der Waals surface area contributed by atoms with E-state index in [1.807, 2.05) is 0 Å². The number of ether oxygens (including phenoxy) is 4. The summed E-state index contributed by atoms with van der Waals surface area (Å²) < 4.78 is 67.9. The number of phosphoric acid groups is 2. The summed E-state index contributed by atoms with van der Waals surface area (Å²) in [6, 6.07) is 0. The molecule has 19 heteroatoms. The Labute approximate surface area is 511 Å². The number of esters is 4. The van der Waals surface area contributed by atoms with E-state index < -0.39 is 97.5 Å². The Morgan fingerprint density at radius 2 is 0.548 bits per heavy atom. The molecule has 0 aliphatic rings. The molecule has 0 heterocycles. The maximum absolute atomic E-state index is 13.0. The fourth-order valence-corrected chi connectivity index (χ4v) is 11.3. The van der Waals surface area contributed by atoms with Gasteiger partial charge in [-0.1, -0.05) is 273 Å². The first-order chi connectivity index (χ1) is 40.4. The van der Waals surface area contributed by atoms with Gasteiger partial charge in [0.15, 0.2) is 12.2 Å². The Hall–Kier alpha value is -1.94. The zero-order chi connectivity index (χ0) is 62.2. The molecule has 2 unspecified atom stereocenters. The van der Waals surface area contributed by atoms with E-state index in [0.717, 1.165) is 108 Å². The van der Waals surface area contributed by atoms with E-state index in [9.17, 15) is 43.2 Å². The topological polar surface area (TPSA) is 237 Å². The van der Waals surface area contributed by atoms with Gasteiger partial charge in [0.25, 0.3) is 0 Å². The second-order valence-electron chi connectivity index (χ2n) is 24.5. The largest absolute Gasteiger partial charge is 0.472 e. The minimum absolute atomic E-state index is 0.105. The lowest BCUT2D eigenvalue weighted by Gasteiger charge is -2.21. The van der Waals surface area contributed by atoms with Crippen LogP contribution in [-0.4, -0.2) is 96.7 Å². The molecule has 0 rings (SSSR count). The van der Waals surface area contributed by atoms with E-state index in [2.05, 4.69) is 41.5 Å². The zero-order valence-electron chi connectivity index (χ0n) is 54.2. The number of aliphatic hydroxyl groups is 1. The lowest BCUT2D eigenvalue weighted by molar-refractivity contribution is -0.161. The number of aliphatic hydroxyl groups excluding tert-OH is 1. The molecule has 84 heavy (non-hydrogen) atoms. The third kappa shape index (κ3) is 59.0. The number of hydrogen-bond donors (Lipinski definition) is 3. The predicted octanol–water partition coefficient (Wildman–Crippen LogP) is 18.0. The quantitative estimate of drug-likeness (QED) is 0.0222. The number of carbonyl (C=O) groups excluding carboxylic acids is 4. The average molecular weight is 1240 g/mol. The highest BCUT2D eigenvalue weighted by Crippen LogP contribution is 2.45. The van der Waals surface area contributed by atoms with E-state index in [4.69, 9.17) is 37.0 Å². The van der Waals surface area contributed by atoms with E-state index in [-0.39, 0.29) is 25.7 Å². The van der Waals surface area contributed by atoms with Crippen molar-refractivity contribution in [1.29, 1.82) is 0 Å². The van der Waals surface area contributed by atoms with Crippen LogP contribution in [0.1, 0.15) is 324 Å². The second kappa shape index (κ2) is 57.5. The summed E-state index contributed by atoms with van der Waals surface area (Å²) in [4.78, 5) is 72.1. The first-order valence-corrected chi connectivity index (χ1v) is 37.0. The molecular formula is C65H126O17P2. The van der Waals surface area contributed by atoms with E-state index in [0.29, 0.717) is 25.7 Å². The van der Waals surface area contributed by atoms with Gasteiger partial charge in [-0.15, -0.1) is 0 Å². The van der Waals surface area contributed by atoms with Gasteiger partial charge in [-0.25, -0.2) is 9.13 Å². The van der Waals surface area contributed by atoms with Crippen molar-refractivity contribution >= 4 is 39.5 Å². The predicted molar refractivity (Wildman–Crippen MR) is 335 cm³/mol. The molecule has 0 saturated carbocycles. The maximum Gasteiger partial charge on any atom is 0.472 e. The van der Waals surface area contributed by atoms with Gasteiger partial charge in [0, 0.05) is 25.7 Å². The van der Waals surface area contributed by atoms with Gasteiger partial charge in [0.2, 0.25) is 0 Å². The third-order valence-corrected chi connectivity index (χ3v) is 16.9. The van der Waals surface area contributed by atoms with Crippen molar-refractivity contribution < 1.29 is 80.2 Å². The molecule has 0 spiro atoms. The van der Waals surface area contributed by atoms with Crippen LogP contribution < -0.4 is 0 Å². The molecule has 0 amide bonds. The smallest absolute Gasteiger partial charge is 0.462 e. The fourth-order valence-electron chi connectivity index (χ4n) is 9.71. The summed E-state index contributed by atoms with van der Waals surface area (Å²) in [5.41, 5.74) is 0. The highest BCUT2D eigenvalue weighted by molar-refractivity contribution is 7.47. The molecule has 5 atom stereocenters. The molecule has 0 aromatic heterocycles. The Balaban J connectivity index is 5.20. The van der Waals surface area contributed by atoms with Crippen molar-refractivity contribution in [3.05, 3.63) is 0 Å². The second-order valence-corrected chi connectivity index (χ2v) is 27.4. The summed E-state index contributed by atoms with van der Waals surface area (Å²) in [5.74, 6) is -0.623. The molecule has 0 saturated heterocycles. The standard InChI is InChI=1S/C65H126O17P2/c1-7-9-11-13-15-22-31-37-43-49-64(69)81-60(53-75-62(67)47-41-35-29-16-14-12-10-8-2)55-79-83(71,72)77-51-59(66)52-78-84(73,74)80-56-61(54-76-63(68)48-42-36-30-26-25-28-34-40-46-58(5)6)82-65(70)50-44-38-32-24-21-19-17-18-20-23-27-33-39-45-57(3)4/h57-61,66H,7-56H2,1-6H3,(H,71,72)(H,73,74)/t59-,60+,61+/m0/s1. The fraction of sp³-hybridized carbons (Fsp3) is 0.938. The van der Waals surface area contributed by atoms with Crippen LogP contribution in [-0.2, 0) is 65.4 Å². The SMILES string of the molecule is CCCCCCCCCCCC(=O)O[C@H](COC(=O)CCCCCCCCCC)COP(=O)(O)OC[C@H](O)COP(=O)(O)OC[C@@H](COC(=O)CCCCCCCCCCC(C)C)OC(=O)CCCCCCCCCCCCCCCC(C)C. The molecule has 0 aliphatic heterocycles. The van der Waals surface area contributed by atoms with Gasteiger partial charge in [0.05, 0.1) is 26.4 Å². The molecule has 0 aromatic rings. The van der Waals surface area contributed by atoms with Crippen LogP contribution in [0.15, 0.2) is 0 Å². The van der Waals surface area contributed by atoms with Gasteiger partial charge in [-0.05, 0) is 37.5 Å². The molecule has 498 valence electrons. The minimum Gasteiger partial charge on any atom is -0.462 e. The highest BCUT2D eigenvalue weighted by atomic mass is 31.2. The number of unbranched alkanes of at least 4 members (excludes halogenated alkanes) is 34. The van der Waals surface area contributed by atoms with Crippen molar-refractivity contribution in [3.63, 3.8) is 0 Å². The number of carbonyl (C=O) groups is 4. The van der Waals surface area contributed by atoms with Crippen molar-refractivity contribution in [2.75, 3.05) is 39.6 Å². The molecule has 0 aliphatic carbocycles. The van der Waals surface area contributed by atoms with Crippen LogP contribution >= 0.6 is 15.6 Å². The molecular weight excluding hydrogens is 1110 g/mol. The van der Waals surface area contributed by atoms with E-state index in [1.165, 1.54) is 135 Å². The number of hydrogen-bond acceptors (Lipinski definition) is 15. The van der Waals surface area contributed by atoms with Crippen molar-refractivity contribution in [2.24, 2.45) is 11.8 Å². The summed E-state index contributed by atoms with van der Waals surface area (Å²) in [5, 5.41) is 10.5. The van der Waals surface area contributed by atoms with Gasteiger partial charge in [0.1, 0.15) is 19.3 Å². The Kier molecular flexibility index (Phi) is 56.2. The normalized spacial score (nSPS) is 14.3.